The summed E-state index contributed by atoms with van der Waals surface area (Å²) in [6, 6.07) is 14.2. The minimum absolute atomic E-state index is 0.202. The Balaban J connectivity index is 1.98. The summed E-state index contributed by atoms with van der Waals surface area (Å²) in [5.41, 5.74) is 1.78. The molecule has 3 aromatic rings. The van der Waals surface area contributed by atoms with E-state index in [0.29, 0.717) is 22.2 Å². The molecule has 3 rings (SSSR count). The fraction of sp³-hybridized carbons (Fsp3) is 0.0625. The largest absolute Gasteiger partial charge is 0.497 e. The average molecular weight is 329 g/mol. The standard InChI is InChI=1S/C16H13ClN4O2/c1-23-13-4-2-3-10(9-13)14-15(16(22)21-19-14)20-18-12-7-5-11(17)6-8-12/h2-9H,1H3,(H2,19,21,22). The van der Waals surface area contributed by atoms with E-state index in [9.17, 15) is 4.79 Å². The van der Waals surface area contributed by atoms with Gasteiger partial charge in [-0.1, -0.05) is 23.7 Å². The lowest BCUT2D eigenvalue weighted by Gasteiger charge is -2.02. The van der Waals surface area contributed by atoms with Gasteiger partial charge in [0.05, 0.1) is 18.5 Å². The maximum Gasteiger partial charge on any atom is 0.292 e. The molecule has 0 aliphatic carbocycles. The van der Waals surface area contributed by atoms with Gasteiger partial charge in [0.15, 0.2) is 5.69 Å². The van der Waals surface area contributed by atoms with E-state index < -0.39 is 0 Å². The molecule has 0 fully saturated rings. The van der Waals surface area contributed by atoms with Gasteiger partial charge in [-0.25, -0.2) is 0 Å². The van der Waals surface area contributed by atoms with Crippen molar-refractivity contribution in [3.05, 3.63) is 63.9 Å². The van der Waals surface area contributed by atoms with Gasteiger partial charge in [-0.3, -0.25) is 15.0 Å². The van der Waals surface area contributed by atoms with Crippen LogP contribution in [0.3, 0.4) is 0 Å². The Hall–Kier alpha value is -2.86. The fourth-order valence-electron chi connectivity index (χ4n) is 2.05. The molecular formula is C16H13ClN4O2. The van der Waals surface area contributed by atoms with Gasteiger partial charge < -0.3 is 4.74 Å². The number of aromatic amines is 2. The number of benzene rings is 2. The van der Waals surface area contributed by atoms with Gasteiger partial charge in [0.2, 0.25) is 0 Å². The maximum absolute atomic E-state index is 12.0. The van der Waals surface area contributed by atoms with Gasteiger partial charge in [0.25, 0.3) is 5.56 Å². The first-order chi connectivity index (χ1) is 11.2. The molecule has 0 aliphatic heterocycles. The van der Waals surface area contributed by atoms with Gasteiger partial charge in [0.1, 0.15) is 5.75 Å². The molecule has 0 atom stereocenters. The van der Waals surface area contributed by atoms with Crippen molar-refractivity contribution in [1.29, 1.82) is 0 Å². The normalized spacial score (nSPS) is 11.0. The smallest absolute Gasteiger partial charge is 0.292 e. The average Bonchev–Trinajstić information content (AvgIpc) is 2.95. The molecule has 0 saturated heterocycles. The molecule has 116 valence electrons. The number of nitrogens with zero attached hydrogens (tertiary/aromatic N) is 2. The van der Waals surface area contributed by atoms with E-state index in [1.807, 2.05) is 18.2 Å². The maximum atomic E-state index is 12.0. The molecule has 0 aliphatic rings. The zero-order valence-electron chi connectivity index (χ0n) is 12.2. The number of hydrogen-bond acceptors (Lipinski definition) is 4. The van der Waals surface area contributed by atoms with E-state index in [4.69, 9.17) is 16.3 Å². The first-order valence-corrected chi connectivity index (χ1v) is 7.17. The zero-order valence-corrected chi connectivity index (χ0v) is 13.0. The first-order valence-electron chi connectivity index (χ1n) is 6.80. The van der Waals surface area contributed by atoms with Gasteiger partial charge in [-0.05, 0) is 36.4 Å². The summed E-state index contributed by atoms with van der Waals surface area (Å²) in [7, 11) is 1.58. The van der Waals surface area contributed by atoms with Crippen LogP contribution in [0.2, 0.25) is 5.02 Å². The third-order valence-electron chi connectivity index (χ3n) is 3.20. The van der Waals surface area contributed by atoms with E-state index in [0.717, 1.165) is 5.56 Å². The minimum Gasteiger partial charge on any atom is -0.497 e. The number of hydrogen-bond donors (Lipinski definition) is 2. The molecular weight excluding hydrogens is 316 g/mol. The second kappa shape index (κ2) is 6.50. The molecule has 2 N–H and O–H groups in total. The molecule has 0 spiro atoms. The zero-order chi connectivity index (χ0) is 16.2. The van der Waals surface area contributed by atoms with Crippen LogP contribution < -0.4 is 10.3 Å². The fourth-order valence-corrected chi connectivity index (χ4v) is 2.18. The van der Waals surface area contributed by atoms with Crippen LogP contribution in [0.5, 0.6) is 5.75 Å². The Bertz CT molecular complexity index is 897. The van der Waals surface area contributed by atoms with Crippen molar-refractivity contribution in [2.24, 2.45) is 10.2 Å². The third kappa shape index (κ3) is 3.32. The van der Waals surface area contributed by atoms with Gasteiger partial charge in [-0.2, -0.15) is 5.11 Å². The van der Waals surface area contributed by atoms with E-state index in [-0.39, 0.29) is 11.2 Å². The molecule has 0 amide bonds. The molecule has 7 heteroatoms. The van der Waals surface area contributed by atoms with Crippen molar-refractivity contribution in [3.63, 3.8) is 0 Å². The summed E-state index contributed by atoms with van der Waals surface area (Å²) >= 11 is 5.83. The molecule has 6 nitrogen and oxygen atoms in total. The topological polar surface area (TPSA) is 82.6 Å². The van der Waals surface area contributed by atoms with Crippen molar-refractivity contribution in [2.45, 2.75) is 0 Å². The van der Waals surface area contributed by atoms with Crippen LogP contribution in [0.1, 0.15) is 0 Å². The Morgan fingerprint density at radius 1 is 1.04 bits per heavy atom. The molecule has 2 aromatic carbocycles. The van der Waals surface area contributed by atoms with Crippen molar-refractivity contribution in [1.82, 2.24) is 10.2 Å². The highest BCUT2D eigenvalue weighted by Gasteiger charge is 2.12. The highest BCUT2D eigenvalue weighted by Crippen LogP contribution is 2.29. The number of ether oxygens (including phenoxy) is 1. The summed E-state index contributed by atoms with van der Waals surface area (Å²) < 4.78 is 5.19. The Labute approximate surface area is 136 Å². The summed E-state index contributed by atoms with van der Waals surface area (Å²) in [4.78, 5) is 12.0. The predicted octanol–water partition coefficient (Wildman–Crippen LogP) is 4.45. The van der Waals surface area contributed by atoms with Crippen LogP contribution in [0.25, 0.3) is 11.3 Å². The van der Waals surface area contributed by atoms with Gasteiger partial charge >= 0.3 is 0 Å². The highest BCUT2D eigenvalue weighted by molar-refractivity contribution is 6.30. The van der Waals surface area contributed by atoms with Crippen LogP contribution in [-0.4, -0.2) is 17.3 Å². The second-order valence-corrected chi connectivity index (χ2v) is 5.15. The lowest BCUT2D eigenvalue weighted by atomic mass is 10.1. The van der Waals surface area contributed by atoms with Crippen LogP contribution in [-0.2, 0) is 0 Å². The number of azo groups is 1. The number of nitrogens with one attached hydrogen (secondary N) is 2. The quantitative estimate of drug-likeness (QED) is 0.694. The summed E-state index contributed by atoms with van der Waals surface area (Å²) in [6.45, 7) is 0. The Morgan fingerprint density at radius 3 is 2.57 bits per heavy atom. The van der Waals surface area contributed by atoms with Crippen molar-refractivity contribution >= 4 is 23.0 Å². The lowest BCUT2D eigenvalue weighted by Crippen LogP contribution is -1.96. The number of H-pyrrole nitrogens is 2. The molecule has 23 heavy (non-hydrogen) atoms. The summed E-state index contributed by atoms with van der Waals surface area (Å²) in [5, 5.41) is 14.1. The summed E-state index contributed by atoms with van der Waals surface area (Å²) in [6.07, 6.45) is 0. The minimum atomic E-state index is -0.347. The molecule has 0 bridgehead atoms. The number of halogens is 1. The van der Waals surface area contributed by atoms with Gasteiger partial charge in [0, 0.05) is 10.6 Å². The molecule has 0 radical (unpaired) electrons. The van der Waals surface area contributed by atoms with Crippen molar-refractivity contribution in [3.8, 4) is 17.0 Å². The van der Waals surface area contributed by atoms with E-state index in [2.05, 4.69) is 20.4 Å². The molecule has 1 aromatic heterocycles. The van der Waals surface area contributed by atoms with E-state index >= 15 is 0 Å². The highest BCUT2D eigenvalue weighted by atomic mass is 35.5. The molecule has 0 saturated carbocycles. The Kier molecular flexibility index (Phi) is 4.25. The first kappa shape index (κ1) is 15.1. The number of rotatable bonds is 4. The number of aromatic nitrogens is 2. The Morgan fingerprint density at radius 2 is 1.83 bits per heavy atom. The van der Waals surface area contributed by atoms with Crippen LogP contribution >= 0.6 is 11.6 Å². The third-order valence-corrected chi connectivity index (χ3v) is 3.46. The monoisotopic (exact) mass is 328 g/mol. The molecule has 1 heterocycles. The van der Waals surface area contributed by atoms with Crippen molar-refractivity contribution < 1.29 is 4.74 Å². The van der Waals surface area contributed by atoms with Crippen LogP contribution in [0.4, 0.5) is 11.4 Å². The molecule has 0 unspecified atom stereocenters. The number of methoxy groups -OCH3 is 1. The second-order valence-electron chi connectivity index (χ2n) is 4.71. The van der Waals surface area contributed by atoms with E-state index in [1.54, 1.807) is 37.4 Å². The van der Waals surface area contributed by atoms with Crippen LogP contribution in [0.15, 0.2) is 63.6 Å². The van der Waals surface area contributed by atoms with Crippen molar-refractivity contribution in [2.75, 3.05) is 7.11 Å². The van der Waals surface area contributed by atoms with E-state index in [1.165, 1.54) is 0 Å². The van der Waals surface area contributed by atoms with Gasteiger partial charge in [-0.15, -0.1) is 5.11 Å². The SMILES string of the molecule is COc1cccc(-c2[nH][nH]c(=O)c2N=Nc2ccc(Cl)cc2)c1. The van der Waals surface area contributed by atoms with Crippen LogP contribution in [0, 0.1) is 0 Å². The summed E-state index contributed by atoms with van der Waals surface area (Å²) in [5.74, 6) is 0.685. The lowest BCUT2D eigenvalue weighted by molar-refractivity contribution is 0.415. The predicted molar refractivity (Wildman–Crippen MR) is 89.0 cm³/mol.